The Morgan fingerprint density at radius 1 is 1.10 bits per heavy atom. The molecule has 1 aromatic carbocycles. The molecule has 0 saturated carbocycles. The van der Waals surface area contributed by atoms with E-state index < -0.39 is 0 Å². The lowest BCUT2D eigenvalue weighted by Crippen LogP contribution is -2.22. The predicted octanol–water partition coefficient (Wildman–Crippen LogP) is 6.74. The van der Waals surface area contributed by atoms with Gasteiger partial charge in [-0.25, -0.2) is 0 Å². The maximum Gasteiger partial charge on any atom is 0.308 e. The third kappa shape index (κ3) is 7.83. The number of carbonyl (C=O) groups is 1. The first-order valence-corrected chi connectivity index (χ1v) is 13.4. The molecule has 1 aromatic heterocycles. The van der Waals surface area contributed by atoms with Crippen LogP contribution in [-0.2, 0) is 9.53 Å². The molecule has 1 unspecified atom stereocenters. The highest BCUT2D eigenvalue weighted by Crippen LogP contribution is 2.35. The number of hydrogen-bond acceptors (Lipinski definition) is 6. The zero-order valence-electron chi connectivity index (χ0n) is 19.4. The molecule has 2 rings (SSSR count). The fraction of sp³-hybridized carbons (Fsp3) is 0.600. The van der Waals surface area contributed by atoms with Gasteiger partial charge in [0.2, 0.25) is 4.74 Å². The molecule has 0 amide bonds. The lowest BCUT2D eigenvalue weighted by molar-refractivity contribution is -0.148. The van der Waals surface area contributed by atoms with Crippen molar-refractivity contribution in [3.05, 3.63) is 33.8 Å². The van der Waals surface area contributed by atoms with Gasteiger partial charge in [0.1, 0.15) is 0 Å². The van der Waals surface area contributed by atoms with E-state index in [1.54, 1.807) is 17.8 Å². The Kier molecular flexibility index (Phi) is 11.4. The van der Waals surface area contributed by atoms with Crippen molar-refractivity contribution in [3.8, 4) is 0 Å². The van der Waals surface area contributed by atoms with E-state index in [2.05, 4.69) is 36.9 Å². The Morgan fingerprint density at radius 2 is 1.81 bits per heavy atom. The first-order valence-electron chi connectivity index (χ1n) is 11.6. The number of nitrogens with zero attached hydrogens (tertiary/aromatic N) is 1. The van der Waals surface area contributed by atoms with Crippen molar-refractivity contribution in [2.75, 3.05) is 30.3 Å². The number of ether oxygens (including phenoxy) is 1. The Labute approximate surface area is 195 Å². The van der Waals surface area contributed by atoms with Crippen LogP contribution in [0.25, 0.3) is 10.1 Å². The summed E-state index contributed by atoms with van der Waals surface area (Å²) in [6.45, 7) is 10.6. The molecule has 0 aliphatic carbocycles. The summed E-state index contributed by atoms with van der Waals surface area (Å²) in [5.74, 6) is 0.947. The number of benzene rings is 1. The van der Waals surface area contributed by atoms with Crippen LogP contribution >= 0.6 is 23.1 Å². The van der Waals surface area contributed by atoms with Gasteiger partial charge in [-0.2, -0.15) is 0 Å². The third-order valence-electron chi connectivity index (χ3n) is 5.62. The number of unbranched alkanes of at least 4 members (excludes halogenated alkanes) is 4. The van der Waals surface area contributed by atoms with Crippen molar-refractivity contribution in [3.63, 3.8) is 0 Å². The molecule has 4 nitrogen and oxygen atoms in total. The minimum Gasteiger partial charge on any atom is -0.465 e. The molecular weight excluding hydrogens is 426 g/mol. The number of thioether (sulfide) groups is 1. The van der Waals surface area contributed by atoms with Crippen LogP contribution in [0.1, 0.15) is 66.2 Å². The van der Waals surface area contributed by atoms with Crippen LogP contribution in [0.15, 0.2) is 34.0 Å². The summed E-state index contributed by atoms with van der Waals surface area (Å²) >= 11 is 3.15. The van der Waals surface area contributed by atoms with E-state index in [1.165, 1.54) is 22.4 Å². The topological polar surface area (TPSA) is 46.6 Å². The lowest BCUT2D eigenvalue weighted by Gasteiger charge is -2.22. The van der Waals surface area contributed by atoms with Gasteiger partial charge in [0.15, 0.2) is 0 Å². The molecule has 0 bridgehead atoms. The van der Waals surface area contributed by atoms with Crippen LogP contribution in [0.4, 0.5) is 5.69 Å². The summed E-state index contributed by atoms with van der Waals surface area (Å²) in [6.07, 6.45) is 6.30. The van der Waals surface area contributed by atoms with Crippen molar-refractivity contribution in [2.45, 2.75) is 71.1 Å². The van der Waals surface area contributed by atoms with Gasteiger partial charge in [0, 0.05) is 29.4 Å². The molecule has 6 heteroatoms. The maximum atomic E-state index is 12.4. The molecule has 0 aliphatic rings. The second-order valence-corrected chi connectivity index (χ2v) is 10.0. The van der Waals surface area contributed by atoms with E-state index in [0.29, 0.717) is 6.61 Å². The summed E-state index contributed by atoms with van der Waals surface area (Å²) in [5.41, 5.74) is 1.17. The van der Waals surface area contributed by atoms with Crippen LogP contribution in [0.3, 0.4) is 0 Å². The zero-order chi connectivity index (χ0) is 22.6. The maximum absolute atomic E-state index is 12.4. The SMILES string of the molecule is CCC(C)C(=O)OCCCCCCCSc1cc(=O)sc2c(N(CC)CC)cccc12. The predicted molar refractivity (Wildman–Crippen MR) is 136 cm³/mol. The highest BCUT2D eigenvalue weighted by atomic mass is 32.2. The standard InChI is InChI=1S/C25H37NO3S2/c1-5-19(4)25(28)29-16-11-9-8-10-12-17-30-22-18-23(27)31-24-20(22)14-13-15-21(24)26(6-2)7-3/h13-15,18-19H,5-12,16-17H2,1-4H3. The number of carbonyl (C=O) groups excluding carboxylic acids is 1. The first kappa shape index (κ1) is 25.7. The quantitative estimate of drug-likeness (QED) is 0.176. The molecule has 0 spiro atoms. The lowest BCUT2D eigenvalue weighted by atomic mass is 10.1. The van der Waals surface area contributed by atoms with Gasteiger partial charge in [-0.15, -0.1) is 11.8 Å². The van der Waals surface area contributed by atoms with Gasteiger partial charge in [-0.3, -0.25) is 9.59 Å². The smallest absolute Gasteiger partial charge is 0.308 e. The van der Waals surface area contributed by atoms with Gasteiger partial charge >= 0.3 is 5.97 Å². The van der Waals surface area contributed by atoms with Gasteiger partial charge in [0.25, 0.3) is 0 Å². The van der Waals surface area contributed by atoms with E-state index in [1.807, 2.05) is 13.8 Å². The van der Waals surface area contributed by atoms with Crippen LogP contribution in [0.5, 0.6) is 0 Å². The van der Waals surface area contributed by atoms with E-state index in [0.717, 1.165) is 67.0 Å². The first-order chi connectivity index (χ1) is 15.0. The fourth-order valence-electron chi connectivity index (χ4n) is 3.47. The van der Waals surface area contributed by atoms with Gasteiger partial charge in [-0.1, -0.05) is 56.6 Å². The summed E-state index contributed by atoms with van der Waals surface area (Å²) in [6, 6.07) is 8.17. The molecule has 1 heterocycles. The van der Waals surface area contributed by atoms with Crippen molar-refractivity contribution in [2.24, 2.45) is 5.92 Å². The normalized spacial score (nSPS) is 12.1. The van der Waals surface area contributed by atoms with Crippen molar-refractivity contribution >= 4 is 44.8 Å². The van der Waals surface area contributed by atoms with E-state index in [9.17, 15) is 9.59 Å². The van der Waals surface area contributed by atoms with Crippen LogP contribution in [0.2, 0.25) is 0 Å². The minimum absolute atomic E-state index is 0.00428. The Balaban J connectivity index is 1.80. The fourth-order valence-corrected chi connectivity index (χ4v) is 5.66. The highest BCUT2D eigenvalue weighted by Gasteiger charge is 2.12. The van der Waals surface area contributed by atoms with Crippen LogP contribution in [0, 0.1) is 5.92 Å². The molecule has 0 saturated heterocycles. The Bertz CT molecular complexity index is 877. The third-order valence-corrected chi connectivity index (χ3v) is 7.71. The average Bonchev–Trinajstić information content (AvgIpc) is 2.78. The van der Waals surface area contributed by atoms with E-state index in [4.69, 9.17) is 4.74 Å². The summed E-state index contributed by atoms with van der Waals surface area (Å²) < 4.78 is 6.53. The van der Waals surface area contributed by atoms with Gasteiger partial charge < -0.3 is 9.64 Å². The number of rotatable bonds is 14. The van der Waals surface area contributed by atoms with E-state index >= 15 is 0 Å². The Morgan fingerprint density at radius 3 is 2.52 bits per heavy atom. The molecule has 0 aliphatic heterocycles. The number of hydrogen-bond donors (Lipinski definition) is 0. The summed E-state index contributed by atoms with van der Waals surface area (Å²) in [4.78, 5) is 27.4. The summed E-state index contributed by atoms with van der Waals surface area (Å²) in [5, 5.41) is 1.20. The molecule has 0 radical (unpaired) electrons. The second-order valence-electron chi connectivity index (χ2n) is 7.85. The average molecular weight is 464 g/mol. The number of anilines is 1. The highest BCUT2D eigenvalue weighted by molar-refractivity contribution is 7.99. The largest absolute Gasteiger partial charge is 0.465 e. The Hall–Kier alpha value is -1.53. The molecule has 0 fully saturated rings. The van der Waals surface area contributed by atoms with Gasteiger partial charge in [0.05, 0.1) is 22.9 Å². The molecule has 1 atom stereocenters. The molecule has 2 aromatic rings. The zero-order valence-corrected chi connectivity index (χ0v) is 21.1. The summed E-state index contributed by atoms with van der Waals surface area (Å²) in [7, 11) is 0. The number of esters is 1. The van der Waals surface area contributed by atoms with Crippen LogP contribution < -0.4 is 9.64 Å². The van der Waals surface area contributed by atoms with Crippen molar-refractivity contribution in [1.82, 2.24) is 0 Å². The molecule has 0 N–H and O–H groups in total. The molecule has 172 valence electrons. The van der Waals surface area contributed by atoms with Crippen LogP contribution in [-0.4, -0.2) is 31.4 Å². The van der Waals surface area contributed by atoms with Crippen molar-refractivity contribution < 1.29 is 9.53 Å². The van der Waals surface area contributed by atoms with Crippen molar-refractivity contribution in [1.29, 1.82) is 0 Å². The molecular formula is C25H37NO3S2. The van der Waals surface area contributed by atoms with Gasteiger partial charge in [-0.05, 0) is 44.9 Å². The number of fused-ring (bicyclic) bond motifs is 1. The van der Waals surface area contributed by atoms with E-state index in [-0.39, 0.29) is 16.6 Å². The molecule has 31 heavy (non-hydrogen) atoms. The minimum atomic E-state index is -0.0724. The monoisotopic (exact) mass is 463 g/mol. The second kappa shape index (κ2) is 13.8.